The number of amides is 1. The zero-order valence-corrected chi connectivity index (χ0v) is 14.7. The normalized spacial score (nSPS) is 17.6. The standard InChI is InChI=1S/C19H26N2O4/c1-2-23-16-7-5-6-15-19(16)14(13-21-15)12-17(22)20-9-11-25-18-8-3-4-10-24-18/h5-7,13,18,21H,2-4,8-12H2,1H3,(H,20,22)/t18-/m0/s1. The van der Waals surface area contributed by atoms with Crippen molar-refractivity contribution in [1.29, 1.82) is 0 Å². The number of ether oxygens (including phenoxy) is 3. The first-order valence-electron chi connectivity index (χ1n) is 8.99. The lowest BCUT2D eigenvalue weighted by molar-refractivity contribution is -0.161. The van der Waals surface area contributed by atoms with Crippen LogP contribution < -0.4 is 10.1 Å². The van der Waals surface area contributed by atoms with Crippen molar-refractivity contribution in [3.8, 4) is 5.75 Å². The summed E-state index contributed by atoms with van der Waals surface area (Å²) < 4.78 is 16.8. The number of benzene rings is 1. The van der Waals surface area contributed by atoms with E-state index in [0.29, 0.717) is 26.2 Å². The number of hydrogen-bond acceptors (Lipinski definition) is 4. The third kappa shape index (κ3) is 4.74. The van der Waals surface area contributed by atoms with Gasteiger partial charge in [-0.1, -0.05) is 6.07 Å². The van der Waals surface area contributed by atoms with Gasteiger partial charge in [0.2, 0.25) is 5.91 Å². The number of fused-ring (bicyclic) bond motifs is 1. The van der Waals surface area contributed by atoms with Crippen LogP contribution in [0.1, 0.15) is 31.7 Å². The molecule has 136 valence electrons. The topological polar surface area (TPSA) is 72.6 Å². The fraction of sp³-hybridized carbons (Fsp3) is 0.526. The van der Waals surface area contributed by atoms with Gasteiger partial charge in [0.15, 0.2) is 6.29 Å². The minimum atomic E-state index is -0.118. The summed E-state index contributed by atoms with van der Waals surface area (Å²) in [6.45, 7) is 4.26. The Morgan fingerprint density at radius 1 is 1.40 bits per heavy atom. The first-order chi connectivity index (χ1) is 12.3. The van der Waals surface area contributed by atoms with Crippen molar-refractivity contribution >= 4 is 16.8 Å². The first-order valence-corrected chi connectivity index (χ1v) is 8.99. The van der Waals surface area contributed by atoms with Gasteiger partial charge in [-0.3, -0.25) is 4.79 Å². The highest BCUT2D eigenvalue weighted by molar-refractivity contribution is 5.93. The lowest BCUT2D eigenvalue weighted by atomic mass is 10.1. The number of carbonyl (C=O) groups is 1. The molecule has 0 saturated carbocycles. The molecule has 1 saturated heterocycles. The Morgan fingerprint density at radius 2 is 2.32 bits per heavy atom. The summed E-state index contributed by atoms with van der Waals surface area (Å²) in [7, 11) is 0. The number of H-pyrrole nitrogens is 1. The van der Waals surface area contributed by atoms with Crippen molar-refractivity contribution in [3.05, 3.63) is 30.0 Å². The van der Waals surface area contributed by atoms with Crippen molar-refractivity contribution < 1.29 is 19.0 Å². The van der Waals surface area contributed by atoms with E-state index in [2.05, 4.69) is 10.3 Å². The van der Waals surface area contributed by atoms with E-state index in [9.17, 15) is 4.79 Å². The van der Waals surface area contributed by atoms with Crippen LogP contribution in [0.15, 0.2) is 24.4 Å². The maximum absolute atomic E-state index is 12.2. The molecule has 1 aromatic heterocycles. The molecule has 2 aromatic rings. The molecule has 0 spiro atoms. The van der Waals surface area contributed by atoms with E-state index in [1.165, 1.54) is 0 Å². The average molecular weight is 346 g/mol. The van der Waals surface area contributed by atoms with E-state index in [1.54, 1.807) is 0 Å². The van der Waals surface area contributed by atoms with E-state index in [1.807, 2.05) is 31.3 Å². The Balaban J connectivity index is 1.50. The number of hydrogen-bond donors (Lipinski definition) is 2. The van der Waals surface area contributed by atoms with Crippen LogP contribution in [0.25, 0.3) is 10.9 Å². The van der Waals surface area contributed by atoms with Crippen LogP contribution in [0.4, 0.5) is 0 Å². The van der Waals surface area contributed by atoms with Crippen LogP contribution in [0.3, 0.4) is 0 Å². The smallest absolute Gasteiger partial charge is 0.224 e. The molecule has 6 nitrogen and oxygen atoms in total. The van der Waals surface area contributed by atoms with Gasteiger partial charge in [0.05, 0.1) is 19.6 Å². The largest absolute Gasteiger partial charge is 0.493 e. The highest BCUT2D eigenvalue weighted by Crippen LogP contribution is 2.29. The van der Waals surface area contributed by atoms with Crippen LogP contribution in [0.5, 0.6) is 5.75 Å². The van der Waals surface area contributed by atoms with Crippen LogP contribution in [0.2, 0.25) is 0 Å². The summed E-state index contributed by atoms with van der Waals surface area (Å²) in [5.74, 6) is 0.780. The zero-order valence-electron chi connectivity index (χ0n) is 14.7. The molecule has 0 aliphatic carbocycles. The second-order valence-electron chi connectivity index (χ2n) is 6.12. The Hall–Kier alpha value is -2.05. The van der Waals surface area contributed by atoms with E-state index < -0.39 is 0 Å². The van der Waals surface area contributed by atoms with Gasteiger partial charge in [-0.25, -0.2) is 0 Å². The van der Waals surface area contributed by atoms with E-state index >= 15 is 0 Å². The Kier molecular flexibility index (Phi) is 6.30. The summed E-state index contributed by atoms with van der Waals surface area (Å²) in [5.41, 5.74) is 1.92. The quantitative estimate of drug-likeness (QED) is 0.721. The maximum atomic E-state index is 12.2. The third-order valence-electron chi connectivity index (χ3n) is 4.27. The highest BCUT2D eigenvalue weighted by Gasteiger charge is 2.15. The molecule has 1 aliphatic rings. The summed E-state index contributed by atoms with van der Waals surface area (Å²) in [6.07, 6.45) is 5.24. The lowest BCUT2D eigenvalue weighted by Crippen LogP contribution is -2.31. The molecule has 0 bridgehead atoms. The lowest BCUT2D eigenvalue weighted by Gasteiger charge is -2.22. The van der Waals surface area contributed by atoms with Crippen molar-refractivity contribution in [1.82, 2.24) is 10.3 Å². The molecule has 25 heavy (non-hydrogen) atoms. The van der Waals surface area contributed by atoms with Crippen LogP contribution in [0, 0.1) is 0 Å². The molecule has 1 atom stereocenters. The van der Waals surface area contributed by atoms with Gasteiger partial charge in [0.1, 0.15) is 5.75 Å². The van der Waals surface area contributed by atoms with Gasteiger partial charge in [0.25, 0.3) is 0 Å². The van der Waals surface area contributed by atoms with Crippen LogP contribution in [-0.2, 0) is 20.7 Å². The number of aromatic nitrogens is 1. The molecule has 1 amide bonds. The van der Waals surface area contributed by atoms with Crippen LogP contribution >= 0.6 is 0 Å². The monoisotopic (exact) mass is 346 g/mol. The van der Waals surface area contributed by atoms with Gasteiger partial charge >= 0.3 is 0 Å². The number of rotatable bonds is 8. The molecular formula is C19H26N2O4. The van der Waals surface area contributed by atoms with Gasteiger partial charge in [0, 0.05) is 30.3 Å². The van der Waals surface area contributed by atoms with Crippen molar-refractivity contribution in [2.45, 2.75) is 38.9 Å². The minimum Gasteiger partial charge on any atom is -0.493 e. The Labute approximate surface area is 147 Å². The number of aromatic amines is 1. The molecule has 1 aliphatic heterocycles. The zero-order chi connectivity index (χ0) is 17.5. The third-order valence-corrected chi connectivity index (χ3v) is 4.27. The van der Waals surface area contributed by atoms with E-state index in [-0.39, 0.29) is 12.2 Å². The molecule has 6 heteroatoms. The number of nitrogens with one attached hydrogen (secondary N) is 2. The molecule has 1 aromatic carbocycles. The van der Waals surface area contributed by atoms with Gasteiger partial charge in [-0.15, -0.1) is 0 Å². The second-order valence-corrected chi connectivity index (χ2v) is 6.12. The molecule has 3 rings (SSSR count). The molecule has 0 radical (unpaired) electrons. The highest BCUT2D eigenvalue weighted by atomic mass is 16.7. The average Bonchev–Trinajstić information content (AvgIpc) is 3.04. The van der Waals surface area contributed by atoms with Crippen molar-refractivity contribution in [3.63, 3.8) is 0 Å². The predicted molar refractivity (Wildman–Crippen MR) is 95.7 cm³/mol. The Morgan fingerprint density at radius 3 is 3.12 bits per heavy atom. The number of carbonyl (C=O) groups excluding carboxylic acids is 1. The maximum Gasteiger partial charge on any atom is 0.224 e. The summed E-state index contributed by atoms with van der Waals surface area (Å²) in [4.78, 5) is 15.4. The first kappa shape index (κ1) is 17.8. The molecule has 0 unspecified atom stereocenters. The molecule has 1 fully saturated rings. The summed E-state index contributed by atoms with van der Waals surface area (Å²) >= 11 is 0. The van der Waals surface area contributed by atoms with Crippen molar-refractivity contribution in [2.75, 3.05) is 26.4 Å². The van der Waals surface area contributed by atoms with Crippen LogP contribution in [-0.4, -0.2) is 43.5 Å². The fourth-order valence-electron chi connectivity index (χ4n) is 3.09. The minimum absolute atomic E-state index is 0.0274. The van der Waals surface area contributed by atoms with Crippen molar-refractivity contribution in [2.24, 2.45) is 0 Å². The SMILES string of the molecule is CCOc1cccc2[nH]cc(CC(=O)NCCO[C@H]3CCCCO3)c12. The molecular weight excluding hydrogens is 320 g/mol. The Bertz CT molecular complexity index is 692. The molecule has 2 heterocycles. The predicted octanol–water partition coefficient (Wildman–Crippen LogP) is 2.77. The summed E-state index contributed by atoms with van der Waals surface area (Å²) in [6, 6.07) is 5.86. The van der Waals surface area contributed by atoms with E-state index in [0.717, 1.165) is 48.1 Å². The van der Waals surface area contributed by atoms with Gasteiger partial charge in [-0.05, 0) is 43.9 Å². The fourth-order valence-corrected chi connectivity index (χ4v) is 3.09. The van der Waals surface area contributed by atoms with Gasteiger partial charge < -0.3 is 24.5 Å². The molecule has 2 N–H and O–H groups in total. The van der Waals surface area contributed by atoms with E-state index in [4.69, 9.17) is 14.2 Å². The van der Waals surface area contributed by atoms with Gasteiger partial charge in [-0.2, -0.15) is 0 Å². The second kappa shape index (κ2) is 8.87. The summed E-state index contributed by atoms with van der Waals surface area (Å²) in [5, 5.41) is 3.88.